The molecule has 0 radical (unpaired) electrons. The van der Waals surface area contributed by atoms with Crippen molar-refractivity contribution >= 4 is 11.8 Å². The lowest BCUT2D eigenvalue weighted by Gasteiger charge is -2.38. The summed E-state index contributed by atoms with van der Waals surface area (Å²) >= 11 is 0. The molecule has 0 unspecified atom stereocenters. The first kappa shape index (κ1) is 27.9. The van der Waals surface area contributed by atoms with E-state index in [-0.39, 0.29) is 18.2 Å². The van der Waals surface area contributed by atoms with Crippen LogP contribution in [-0.2, 0) is 9.47 Å². The number of amides is 1. The van der Waals surface area contributed by atoms with Gasteiger partial charge in [-0.05, 0) is 47.0 Å². The summed E-state index contributed by atoms with van der Waals surface area (Å²) in [6, 6.07) is 20.4. The summed E-state index contributed by atoms with van der Waals surface area (Å²) in [5, 5.41) is 0. The second-order valence-corrected chi connectivity index (χ2v) is 10.8. The van der Waals surface area contributed by atoms with E-state index in [1.807, 2.05) is 64.1 Å². The van der Waals surface area contributed by atoms with Crippen molar-refractivity contribution in [3.63, 3.8) is 0 Å². The maximum Gasteiger partial charge on any atom is 0.412 e. The molecule has 196 valence electrons. The standard InChI is InChI=1S/C31H44N2O3/c1-7-9-10-17-22-27(36-29(34)33-30(3,4)23-35-31(33,5)6)26(8-2)32-28(24-18-13-11-14-19-24)25-20-15-12-16-21-25/h11-16,18-21,26-27H,7-10,17,22-23H2,1-6H3/t26-,27+/m1/s1. The Bertz CT molecular complexity index is 928. The molecule has 0 bridgehead atoms. The third-order valence-electron chi connectivity index (χ3n) is 6.94. The Balaban J connectivity index is 1.95. The number of rotatable bonds is 11. The van der Waals surface area contributed by atoms with Crippen LogP contribution >= 0.6 is 0 Å². The average Bonchev–Trinajstić information content (AvgIpc) is 3.09. The van der Waals surface area contributed by atoms with E-state index in [9.17, 15) is 4.79 Å². The molecule has 1 aliphatic rings. The SMILES string of the molecule is CCCCCC[C@H](OC(=O)N1C(C)(C)COC1(C)C)[C@@H](CC)N=C(c1ccccc1)c1ccccc1. The van der Waals surface area contributed by atoms with E-state index >= 15 is 0 Å². The summed E-state index contributed by atoms with van der Waals surface area (Å²) in [5.41, 5.74) is 1.92. The number of nitrogens with zero attached hydrogens (tertiary/aromatic N) is 2. The van der Waals surface area contributed by atoms with Gasteiger partial charge in [0.2, 0.25) is 0 Å². The summed E-state index contributed by atoms with van der Waals surface area (Å²) in [6.45, 7) is 12.7. The van der Waals surface area contributed by atoms with E-state index < -0.39 is 11.3 Å². The summed E-state index contributed by atoms with van der Waals surface area (Å²) < 4.78 is 12.3. The monoisotopic (exact) mass is 492 g/mol. The van der Waals surface area contributed by atoms with Gasteiger partial charge in [-0.2, -0.15) is 0 Å². The molecule has 0 N–H and O–H groups in total. The molecular formula is C31H44N2O3. The van der Waals surface area contributed by atoms with Crippen LogP contribution in [0.4, 0.5) is 4.79 Å². The van der Waals surface area contributed by atoms with Crippen molar-refractivity contribution < 1.29 is 14.3 Å². The molecule has 1 heterocycles. The van der Waals surface area contributed by atoms with Crippen LogP contribution in [0.1, 0.15) is 91.2 Å². The van der Waals surface area contributed by atoms with Crippen LogP contribution < -0.4 is 0 Å². The smallest absolute Gasteiger partial charge is 0.412 e. The van der Waals surface area contributed by atoms with Gasteiger partial charge in [0.25, 0.3) is 0 Å². The average molecular weight is 493 g/mol. The number of unbranched alkanes of at least 4 members (excludes halogenated alkanes) is 3. The predicted octanol–water partition coefficient (Wildman–Crippen LogP) is 7.63. The highest BCUT2D eigenvalue weighted by Crippen LogP contribution is 2.36. The highest BCUT2D eigenvalue weighted by molar-refractivity contribution is 6.13. The number of benzene rings is 2. The molecule has 5 heteroatoms. The predicted molar refractivity (Wildman–Crippen MR) is 148 cm³/mol. The Morgan fingerprint density at radius 1 is 0.944 bits per heavy atom. The molecule has 3 rings (SSSR count). The normalized spacial score (nSPS) is 17.9. The molecule has 2 atom stereocenters. The topological polar surface area (TPSA) is 51.1 Å². The third kappa shape index (κ3) is 6.97. The number of aliphatic imine (C=N–C) groups is 1. The second kappa shape index (κ2) is 12.5. The number of hydrogen-bond donors (Lipinski definition) is 0. The lowest BCUT2D eigenvalue weighted by molar-refractivity contribution is -0.0610. The van der Waals surface area contributed by atoms with Crippen LogP contribution in [0.2, 0.25) is 0 Å². The third-order valence-corrected chi connectivity index (χ3v) is 6.94. The van der Waals surface area contributed by atoms with Crippen LogP contribution in [0.15, 0.2) is 65.7 Å². The zero-order valence-corrected chi connectivity index (χ0v) is 23.0. The van der Waals surface area contributed by atoms with E-state index in [0.717, 1.165) is 42.5 Å². The molecular weight excluding hydrogens is 448 g/mol. The molecule has 1 aliphatic heterocycles. The molecule has 0 saturated carbocycles. The van der Waals surface area contributed by atoms with Crippen molar-refractivity contribution in [2.75, 3.05) is 6.61 Å². The fraction of sp³-hybridized carbons (Fsp3) is 0.548. The van der Waals surface area contributed by atoms with Gasteiger partial charge in [0.05, 0.1) is 23.9 Å². The van der Waals surface area contributed by atoms with Gasteiger partial charge >= 0.3 is 6.09 Å². The molecule has 5 nitrogen and oxygen atoms in total. The Kier molecular flexibility index (Phi) is 9.72. The van der Waals surface area contributed by atoms with E-state index in [0.29, 0.717) is 6.61 Å². The number of carbonyl (C=O) groups is 1. The van der Waals surface area contributed by atoms with Gasteiger partial charge in [-0.15, -0.1) is 0 Å². The minimum atomic E-state index is -0.711. The Hall–Kier alpha value is -2.66. The first-order valence-corrected chi connectivity index (χ1v) is 13.5. The van der Waals surface area contributed by atoms with Crippen molar-refractivity contribution in [1.82, 2.24) is 4.90 Å². The first-order valence-electron chi connectivity index (χ1n) is 13.5. The summed E-state index contributed by atoms with van der Waals surface area (Å²) in [4.78, 5) is 20.6. The van der Waals surface area contributed by atoms with E-state index in [4.69, 9.17) is 14.5 Å². The quantitative estimate of drug-likeness (QED) is 0.239. The number of ether oxygens (including phenoxy) is 2. The van der Waals surface area contributed by atoms with Crippen LogP contribution in [0.25, 0.3) is 0 Å². The Labute approximate surface area is 217 Å². The van der Waals surface area contributed by atoms with Crippen LogP contribution in [0.5, 0.6) is 0 Å². The summed E-state index contributed by atoms with van der Waals surface area (Å²) in [5.74, 6) is 0. The molecule has 0 spiro atoms. The van der Waals surface area contributed by atoms with Crippen molar-refractivity contribution in [3.8, 4) is 0 Å². The maximum absolute atomic E-state index is 13.6. The van der Waals surface area contributed by atoms with Crippen LogP contribution in [-0.4, -0.2) is 46.7 Å². The van der Waals surface area contributed by atoms with Gasteiger partial charge in [-0.3, -0.25) is 9.89 Å². The molecule has 1 fully saturated rings. The zero-order chi connectivity index (χ0) is 26.2. The lowest BCUT2D eigenvalue weighted by atomic mass is 9.98. The largest absolute Gasteiger partial charge is 0.444 e. The highest BCUT2D eigenvalue weighted by atomic mass is 16.6. The molecule has 2 aromatic carbocycles. The van der Waals surface area contributed by atoms with Gasteiger partial charge < -0.3 is 9.47 Å². The molecule has 36 heavy (non-hydrogen) atoms. The lowest BCUT2D eigenvalue weighted by Crippen LogP contribution is -2.54. The zero-order valence-electron chi connectivity index (χ0n) is 23.0. The second-order valence-electron chi connectivity index (χ2n) is 10.8. The molecule has 0 aromatic heterocycles. The fourth-order valence-electron chi connectivity index (χ4n) is 5.07. The van der Waals surface area contributed by atoms with Gasteiger partial charge in [-0.25, -0.2) is 4.79 Å². The van der Waals surface area contributed by atoms with E-state index in [2.05, 4.69) is 38.1 Å². The minimum Gasteiger partial charge on any atom is -0.444 e. The highest BCUT2D eigenvalue weighted by Gasteiger charge is 2.50. The van der Waals surface area contributed by atoms with Crippen LogP contribution in [0.3, 0.4) is 0 Å². The maximum atomic E-state index is 13.6. The molecule has 2 aromatic rings. The summed E-state index contributed by atoms with van der Waals surface area (Å²) in [6.07, 6.45) is 5.41. The van der Waals surface area contributed by atoms with Crippen molar-refractivity contribution in [3.05, 3.63) is 71.8 Å². The summed E-state index contributed by atoms with van der Waals surface area (Å²) in [7, 11) is 0. The number of carbonyl (C=O) groups excluding carboxylic acids is 1. The fourth-order valence-corrected chi connectivity index (χ4v) is 5.07. The van der Waals surface area contributed by atoms with E-state index in [1.54, 1.807) is 4.90 Å². The molecule has 1 amide bonds. The van der Waals surface area contributed by atoms with Crippen molar-refractivity contribution in [2.24, 2.45) is 4.99 Å². The number of hydrogen-bond acceptors (Lipinski definition) is 4. The van der Waals surface area contributed by atoms with Crippen molar-refractivity contribution in [1.29, 1.82) is 0 Å². The van der Waals surface area contributed by atoms with Gasteiger partial charge in [-0.1, -0.05) is 93.8 Å². The van der Waals surface area contributed by atoms with Crippen LogP contribution in [0, 0.1) is 0 Å². The molecule has 1 saturated heterocycles. The van der Waals surface area contributed by atoms with Crippen molar-refractivity contribution in [2.45, 2.75) is 103 Å². The van der Waals surface area contributed by atoms with Gasteiger partial charge in [0.15, 0.2) is 0 Å². The van der Waals surface area contributed by atoms with Gasteiger partial charge in [0, 0.05) is 11.1 Å². The first-order chi connectivity index (χ1) is 17.2. The molecule has 0 aliphatic carbocycles. The minimum absolute atomic E-state index is 0.152. The van der Waals surface area contributed by atoms with E-state index in [1.165, 1.54) is 12.8 Å². The Morgan fingerprint density at radius 2 is 1.53 bits per heavy atom. The Morgan fingerprint density at radius 3 is 2.00 bits per heavy atom. The van der Waals surface area contributed by atoms with Gasteiger partial charge in [0.1, 0.15) is 11.8 Å².